The summed E-state index contributed by atoms with van der Waals surface area (Å²) >= 11 is 0. The van der Waals surface area contributed by atoms with Gasteiger partial charge in [0.25, 0.3) is 0 Å². The normalized spacial score (nSPS) is 13.2. The topological polar surface area (TPSA) is 65.0 Å². The summed E-state index contributed by atoms with van der Waals surface area (Å²) in [5.74, 6) is 1.66. The molecule has 292 valence electrons. The summed E-state index contributed by atoms with van der Waals surface area (Å²) in [7, 11) is 0. The minimum Gasteiger partial charge on any atom is -0.456 e. The monoisotopic (exact) mass is 803 g/mol. The second-order valence-electron chi connectivity index (χ2n) is 16.6. The molecule has 2 aliphatic rings. The van der Waals surface area contributed by atoms with Gasteiger partial charge < -0.3 is 8.83 Å². The zero-order chi connectivity index (χ0) is 41.2. The molecule has 3 aromatic heterocycles. The van der Waals surface area contributed by atoms with E-state index in [1.165, 1.54) is 55.6 Å². The van der Waals surface area contributed by atoms with E-state index in [0.29, 0.717) is 17.5 Å². The number of benzene rings is 9. The van der Waals surface area contributed by atoms with Crippen LogP contribution in [0, 0.1) is 0 Å². The van der Waals surface area contributed by atoms with Crippen LogP contribution in [0.1, 0.15) is 22.3 Å². The van der Waals surface area contributed by atoms with Gasteiger partial charge in [0.05, 0.1) is 11.0 Å². The predicted octanol–water partition coefficient (Wildman–Crippen LogP) is 14.7. The second-order valence-corrected chi connectivity index (χ2v) is 16.6. The molecule has 0 amide bonds. The Balaban J connectivity index is 1.07. The highest BCUT2D eigenvalue weighted by Crippen LogP contribution is 2.61. The van der Waals surface area contributed by atoms with Gasteiger partial charge in [0, 0.05) is 32.7 Å². The van der Waals surface area contributed by atoms with Crippen LogP contribution in [-0.4, -0.2) is 15.0 Å². The molecule has 0 bridgehead atoms. The van der Waals surface area contributed by atoms with Gasteiger partial charge >= 0.3 is 0 Å². The van der Waals surface area contributed by atoms with Crippen LogP contribution >= 0.6 is 0 Å². The molecule has 0 saturated carbocycles. The molecule has 5 nitrogen and oxygen atoms in total. The summed E-state index contributed by atoms with van der Waals surface area (Å²) < 4.78 is 13.0. The number of hydrogen-bond donors (Lipinski definition) is 0. The first-order valence-electron chi connectivity index (χ1n) is 21.3. The lowest BCUT2D eigenvalue weighted by Gasteiger charge is -2.35. The Hall–Kier alpha value is -8.41. The first-order chi connectivity index (χ1) is 31.2. The summed E-state index contributed by atoms with van der Waals surface area (Å²) in [6, 6.07) is 71.1. The van der Waals surface area contributed by atoms with Crippen molar-refractivity contribution in [1.82, 2.24) is 15.0 Å². The molecule has 63 heavy (non-hydrogen) atoms. The van der Waals surface area contributed by atoms with E-state index in [1.54, 1.807) is 0 Å². The van der Waals surface area contributed by atoms with Crippen LogP contribution in [0.5, 0.6) is 0 Å². The molecule has 14 rings (SSSR count). The first kappa shape index (κ1) is 34.3. The van der Waals surface area contributed by atoms with Crippen molar-refractivity contribution in [2.24, 2.45) is 0 Å². The highest BCUT2D eigenvalue weighted by Gasteiger charge is 2.49. The fraction of sp³-hybridized carbons (Fsp3) is 0.0172. The Morgan fingerprint density at radius 3 is 1.46 bits per heavy atom. The lowest BCUT2D eigenvalue weighted by atomic mass is 9.66. The molecule has 0 saturated heterocycles. The zero-order valence-corrected chi connectivity index (χ0v) is 33.7. The van der Waals surface area contributed by atoms with E-state index in [2.05, 4.69) is 146 Å². The number of aromatic nitrogens is 3. The zero-order valence-electron chi connectivity index (χ0n) is 33.7. The Morgan fingerprint density at radius 2 is 0.762 bits per heavy atom. The lowest BCUT2D eigenvalue weighted by Crippen LogP contribution is -2.29. The quantitative estimate of drug-likeness (QED) is 0.178. The van der Waals surface area contributed by atoms with E-state index in [1.807, 2.05) is 54.6 Å². The smallest absolute Gasteiger partial charge is 0.167 e. The molecule has 0 unspecified atom stereocenters. The number of nitrogens with zero attached hydrogens (tertiary/aromatic N) is 3. The standard InChI is InChI=1S/C58H33N3O2/c1-2-16-36-35(15-1)37-17-3-8-25-46(37)58(47-26-9-4-18-38(36)47)48-27-10-5-19-39(48)40-32-31-34(33-49(40)58)55-59-56(44-23-14-30-52-53(44)43-21-7-12-29-51(43)62-52)61-57(60-55)45-24-13-22-42-41-20-6-11-28-50(41)63-54(42)45/h1-33H. The summed E-state index contributed by atoms with van der Waals surface area (Å²) in [4.78, 5) is 16.1. The van der Waals surface area contributed by atoms with Gasteiger partial charge in [-0.15, -0.1) is 0 Å². The molecular weight excluding hydrogens is 771 g/mol. The molecule has 1 spiro atoms. The highest BCUT2D eigenvalue weighted by molar-refractivity contribution is 6.12. The number of fused-ring (bicyclic) bond motifs is 18. The third kappa shape index (κ3) is 4.68. The van der Waals surface area contributed by atoms with Gasteiger partial charge in [0.2, 0.25) is 0 Å². The van der Waals surface area contributed by atoms with Crippen molar-refractivity contribution in [2.45, 2.75) is 5.41 Å². The minimum atomic E-state index is -0.645. The van der Waals surface area contributed by atoms with Crippen molar-refractivity contribution in [1.29, 1.82) is 0 Å². The Kier molecular flexibility index (Phi) is 6.97. The van der Waals surface area contributed by atoms with Crippen LogP contribution in [-0.2, 0) is 5.41 Å². The Morgan fingerprint density at radius 1 is 0.302 bits per heavy atom. The van der Waals surface area contributed by atoms with Crippen LogP contribution in [0.3, 0.4) is 0 Å². The molecule has 3 heterocycles. The summed E-state index contributed by atoms with van der Waals surface area (Å²) in [6.45, 7) is 0. The largest absolute Gasteiger partial charge is 0.456 e. The van der Waals surface area contributed by atoms with Crippen LogP contribution < -0.4 is 0 Å². The molecule has 9 aromatic carbocycles. The van der Waals surface area contributed by atoms with E-state index < -0.39 is 5.41 Å². The summed E-state index contributed by atoms with van der Waals surface area (Å²) in [5.41, 5.74) is 17.3. The van der Waals surface area contributed by atoms with Gasteiger partial charge in [0.1, 0.15) is 22.3 Å². The molecule has 2 aliphatic carbocycles. The van der Waals surface area contributed by atoms with Crippen molar-refractivity contribution in [3.05, 3.63) is 222 Å². The van der Waals surface area contributed by atoms with Crippen molar-refractivity contribution in [3.8, 4) is 67.5 Å². The third-order valence-electron chi connectivity index (χ3n) is 13.4. The highest BCUT2D eigenvalue weighted by atomic mass is 16.3. The van der Waals surface area contributed by atoms with Gasteiger partial charge in [-0.05, 0) is 86.0 Å². The predicted molar refractivity (Wildman–Crippen MR) is 252 cm³/mol. The lowest BCUT2D eigenvalue weighted by molar-refractivity contribution is 0.668. The average molecular weight is 804 g/mol. The van der Waals surface area contributed by atoms with E-state index in [4.69, 9.17) is 23.8 Å². The molecule has 0 atom stereocenters. The van der Waals surface area contributed by atoms with Crippen molar-refractivity contribution in [2.75, 3.05) is 0 Å². The van der Waals surface area contributed by atoms with Crippen molar-refractivity contribution >= 4 is 43.9 Å². The van der Waals surface area contributed by atoms with E-state index in [-0.39, 0.29) is 0 Å². The summed E-state index contributed by atoms with van der Waals surface area (Å²) in [6.07, 6.45) is 0. The van der Waals surface area contributed by atoms with Crippen molar-refractivity contribution in [3.63, 3.8) is 0 Å². The number of rotatable bonds is 3. The van der Waals surface area contributed by atoms with Gasteiger partial charge in [-0.2, -0.15) is 0 Å². The Labute approximate surface area is 361 Å². The third-order valence-corrected chi connectivity index (χ3v) is 13.4. The van der Waals surface area contributed by atoms with Crippen LogP contribution in [0.15, 0.2) is 209 Å². The molecule has 12 aromatic rings. The van der Waals surface area contributed by atoms with E-state index in [9.17, 15) is 0 Å². The van der Waals surface area contributed by atoms with E-state index in [0.717, 1.165) is 60.6 Å². The van der Waals surface area contributed by atoms with Crippen LogP contribution in [0.25, 0.3) is 111 Å². The van der Waals surface area contributed by atoms with Gasteiger partial charge in [-0.25, -0.2) is 15.0 Å². The maximum atomic E-state index is 6.61. The average Bonchev–Trinajstić information content (AvgIpc) is 4.00. The summed E-state index contributed by atoms with van der Waals surface area (Å²) in [5, 5.41) is 4.04. The number of hydrogen-bond acceptors (Lipinski definition) is 5. The minimum absolute atomic E-state index is 0.531. The fourth-order valence-electron chi connectivity index (χ4n) is 10.8. The van der Waals surface area contributed by atoms with Gasteiger partial charge in [0.15, 0.2) is 17.5 Å². The van der Waals surface area contributed by atoms with Crippen LogP contribution in [0.2, 0.25) is 0 Å². The van der Waals surface area contributed by atoms with Gasteiger partial charge in [-0.1, -0.05) is 170 Å². The van der Waals surface area contributed by atoms with Crippen LogP contribution in [0.4, 0.5) is 0 Å². The maximum Gasteiger partial charge on any atom is 0.167 e. The molecule has 5 heteroatoms. The SMILES string of the molecule is c1ccc2c(c1)-c1ccccc1C1(c3ccccc3-2)c2ccccc2-c2ccc(-c3nc(-c4cccc5c4oc4ccccc45)nc(-c4cccc5oc6ccccc6c45)n3)cc21. The second kappa shape index (κ2) is 12.8. The number of furan rings is 2. The fourth-order valence-corrected chi connectivity index (χ4v) is 10.8. The molecule has 0 radical (unpaired) electrons. The Bertz CT molecular complexity index is 3830. The molecular formula is C58H33N3O2. The number of para-hydroxylation sites is 3. The maximum absolute atomic E-state index is 6.61. The molecule has 0 fully saturated rings. The molecule has 0 N–H and O–H groups in total. The van der Waals surface area contributed by atoms with Gasteiger partial charge in [-0.3, -0.25) is 0 Å². The first-order valence-corrected chi connectivity index (χ1v) is 21.3. The van der Waals surface area contributed by atoms with Crippen molar-refractivity contribution < 1.29 is 8.83 Å². The molecule has 0 aliphatic heterocycles. The van der Waals surface area contributed by atoms with E-state index >= 15 is 0 Å².